The molecule has 0 atom stereocenters. The predicted molar refractivity (Wildman–Crippen MR) is 102 cm³/mol. The molecule has 0 unspecified atom stereocenters. The lowest BCUT2D eigenvalue weighted by molar-refractivity contribution is -0.163. The van der Waals surface area contributed by atoms with Crippen LogP contribution in [0.15, 0.2) is 84.9 Å². The highest BCUT2D eigenvalue weighted by Gasteiger charge is 2.32. The molecule has 0 radical (unpaired) electrons. The summed E-state index contributed by atoms with van der Waals surface area (Å²) in [7, 11) is -1.72. The van der Waals surface area contributed by atoms with Gasteiger partial charge in [0.25, 0.3) is 0 Å². The summed E-state index contributed by atoms with van der Waals surface area (Å²) in [6.45, 7) is 0. The molecule has 0 aliphatic heterocycles. The summed E-state index contributed by atoms with van der Waals surface area (Å²) < 4.78 is 41.6. The summed E-state index contributed by atoms with van der Waals surface area (Å²) in [6.07, 6.45) is -6.17. The van der Waals surface area contributed by atoms with Gasteiger partial charge in [0.2, 0.25) is 0 Å². The van der Waals surface area contributed by atoms with Crippen molar-refractivity contribution >= 4 is 30.3 Å². The predicted octanol–water partition coefficient (Wildman–Crippen LogP) is 2.79. The first-order chi connectivity index (χ1) is 12.9. The van der Waals surface area contributed by atoms with Gasteiger partial charge in [0.15, 0.2) is 0 Å². The van der Waals surface area contributed by atoms with Gasteiger partial charge in [0, 0.05) is 0 Å². The zero-order chi connectivity index (χ0) is 19.3. The first-order valence-corrected chi connectivity index (χ1v) is 10.1. The van der Waals surface area contributed by atoms with Gasteiger partial charge in [-0.1, -0.05) is 88.4 Å². The molecule has 6 heteroatoms. The van der Waals surface area contributed by atoms with Crippen LogP contribution in [0.4, 0.5) is 13.2 Å². The number of alkyl halides is 3. The zero-order valence-electron chi connectivity index (χ0n) is 14.3. The van der Waals surface area contributed by atoms with Gasteiger partial charge in [-0.25, -0.2) is 0 Å². The summed E-state index contributed by atoms with van der Waals surface area (Å²) >= 11 is 0. The second-order valence-electron chi connectivity index (χ2n) is 6.09. The fraction of sp³-hybridized carbons (Fsp3) is 0.0952. The minimum absolute atomic E-state index is 0.113. The maximum atomic E-state index is 12.3. The lowest BCUT2D eigenvalue weighted by Gasteiger charge is -2.17. The lowest BCUT2D eigenvalue weighted by atomic mass is 10.3. The molecule has 0 spiro atoms. The van der Waals surface area contributed by atoms with Gasteiger partial charge in [-0.2, -0.15) is 13.2 Å². The van der Waals surface area contributed by atoms with Crippen LogP contribution in [0.25, 0.3) is 0 Å². The molecule has 0 N–H and O–H groups in total. The highest BCUT2D eigenvalue weighted by atomic mass is 28.3. The number of halogens is 3. The Kier molecular flexibility index (Phi) is 5.76. The number of esters is 1. The molecule has 3 aromatic rings. The highest BCUT2D eigenvalue weighted by Crippen LogP contribution is 2.21. The van der Waals surface area contributed by atoms with E-state index in [1.807, 2.05) is 48.5 Å². The average Bonchev–Trinajstić information content (AvgIpc) is 2.64. The van der Waals surface area contributed by atoms with Crippen molar-refractivity contribution in [3.05, 3.63) is 84.9 Å². The first kappa shape index (κ1) is 18.9. The summed E-state index contributed by atoms with van der Waals surface area (Å²) in [5.74, 6) is -1.20. The summed E-state index contributed by atoms with van der Waals surface area (Å²) in [5, 5.41) is 3.54. The van der Waals surface area contributed by atoms with Gasteiger partial charge >= 0.3 is 12.1 Å². The van der Waals surface area contributed by atoms with Crippen LogP contribution >= 0.6 is 0 Å². The molecule has 0 aromatic heterocycles. The smallest absolute Gasteiger partial charge is 0.399 e. The van der Waals surface area contributed by atoms with Gasteiger partial charge in [0.1, 0.15) is 21.0 Å². The Bertz CT molecular complexity index is 839. The third kappa shape index (κ3) is 5.31. The Hall–Kier alpha value is -2.86. The molecule has 0 amide bonds. The van der Waals surface area contributed by atoms with E-state index >= 15 is 0 Å². The molecule has 0 aliphatic rings. The maximum absolute atomic E-state index is 12.3. The van der Waals surface area contributed by atoms with Crippen molar-refractivity contribution in [3.8, 4) is 5.75 Å². The Balaban J connectivity index is 1.85. The fourth-order valence-electron chi connectivity index (χ4n) is 2.93. The van der Waals surface area contributed by atoms with E-state index in [9.17, 15) is 18.0 Å². The maximum Gasteiger partial charge on any atom is 0.399 e. The topological polar surface area (TPSA) is 26.3 Å². The summed E-state index contributed by atoms with van der Waals surface area (Å²) in [6, 6.07) is 27.0. The minimum atomic E-state index is -4.57. The van der Waals surface area contributed by atoms with Crippen LogP contribution in [0.2, 0.25) is 0 Å². The third-order valence-corrected chi connectivity index (χ3v) is 7.21. The second-order valence-corrected chi connectivity index (χ2v) is 8.96. The molecule has 0 bridgehead atoms. The number of hydrogen-bond acceptors (Lipinski definition) is 2. The molecule has 2 nitrogen and oxygen atoms in total. The number of carbonyl (C=O) groups excluding carboxylic acids is 1. The van der Waals surface area contributed by atoms with Gasteiger partial charge in [-0.05, 0) is 12.1 Å². The largest absolute Gasteiger partial charge is 0.426 e. The Labute approximate surface area is 156 Å². The molecule has 3 aromatic carbocycles. The van der Waals surface area contributed by atoms with E-state index in [0.29, 0.717) is 0 Å². The molecule has 0 aliphatic carbocycles. The molecular weight excluding hydrogens is 369 g/mol. The SMILES string of the molecule is O=C(CC(F)(F)F)Oc1ccc([SiH](c2ccccc2)c2ccccc2)cc1. The number of benzene rings is 3. The van der Waals surface area contributed by atoms with Crippen LogP contribution in [-0.4, -0.2) is 20.9 Å². The van der Waals surface area contributed by atoms with E-state index in [2.05, 4.69) is 24.3 Å². The zero-order valence-corrected chi connectivity index (χ0v) is 15.5. The van der Waals surface area contributed by atoms with E-state index in [1.165, 1.54) is 10.4 Å². The van der Waals surface area contributed by atoms with Crippen molar-refractivity contribution < 1.29 is 22.7 Å². The molecule has 0 saturated carbocycles. The van der Waals surface area contributed by atoms with Crippen LogP contribution in [-0.2, 0) is 4.79 Å². The monoisotopic (exact) mass is 386 g/mol. The first-order valence-electron chi connectivity index (χ1n) is 8.40. The average molecular weight is 386 g/mol. The van der Waals surface area contributed by atoms with Crippen molar-refractivity contribution in [3.63, 3.8) is 0 Å². The molecule has 3 rings (SSSR count). The van der Waals surface area contributed by atoms with Crippen molar-refractivity contribution in [2.75, 3.05) is 0 Å². The normalized spacial score (nSPS) is 11.4. The molecule has 138 valence electrons. The van der Waals surface area contributed by atoms with Crippen molar-refractivity contribution in [1.82, 2.24) is 0 Å². The van der Waals surface area contributed by atoms with E-state index in [0.717, 1.165) is 5.19 Å². The highest BCUT2D eigenvalue weighted by molar-refractivity contribution is 6.95. The molecule has 0 saturated heterocycles. The minimum Gasteiger partial charge on any atom is -0.426 e. The van der Waals surface area contributed by atoms with Crippen molar-refractivity contribution in [1.29, 1.82) is 0 Å². The molecule has 0 heterocycles. The summed E-state index contributed by atoms with van der Waals surface area (Å²) in [4.78, 5) is 11.4. The Morgan fingerprint density at radius 3 is 1.63 bits per heavy atom. The quantitative estimate of drug-likeness (QED) is 0.292. The molecule has 27 heavy (non-hydrogen) atoms. The van der Waals surface area contributed by atoms with Crippen LogP contribution in [0.3, 0.4) is 0 Å². The van der Waals surface area contributed by atoms with E-state index < -0.39 is 27.4 Å². The molecule has 0 fully saturated rings. The standard InChI is InChI=1S/C21H17F3O2Si/c22-21(23,24)15-20(25)26-16-11-13-19(14-12-16)27(17-7-3-1-4-8-17)18-9-5-2-6-10-18/h1-14,27H,15H2. The molecular formula is C21H17F3O2Si. The Morgan fingerprint density at radius 2 is 1.19 bits per heavy atom. The number of ether oxygens (including phenoxy) is 1. The van der Waals surface area contributed by atoms with E-state index in [1.54, 1.807) is 12.1 Å². The number of carbonyl (C=O) groups is 1. The van der Waals surface area contributed by atoms with Crippen molar-refractivity contribution in [2.45, 2.75) is 12.6 Å². The van der Waals surface area contributed by atoms with Crippen LogP contribution < -0.4 is 20.3 Å². The van der Waals surface area contributed by atoms with Gasteiger partial charge < -0.3 is 4.74 Å². The van der Waals surface area contributed by atoms with Crippen LogP contribution in [0, 0.1) is 0 Å². The number of hydrogen-bond donors (Lipinski definition) is 0. The van der Waals surface area contributed by atoms with Crippen LogP contribution in [0.1, 0.15) is 6.42 Å². The van der Waals surface area contributed by atoms with E-state index in [4.69, 9.17) is 4.74 Å². The van der Waals surface area contributed by atoms with Gasteiger partial charge in [-0.3, -0.25) is 4.79 Å². The lowest BCUT2D eigenvalue weighted by Crippen LogP contribution is -2.51. The van der Waals surface area contributed by atoms with E-state index in [-0.39, 0.29) is 5.75 Å². The van der Waals surface area contributed by atoms with Gasteiger partial charge in [0.05, 0.1) is 0 Å². The van der Waals surface area contributed by atoms with Gasteiger partial charge in [-0.15, -0.1) is 0 Å². The van der Waals surface area contributed by atoms with Crippen LogP contribution in [0.5, 0.6) is 5.75 Å². The number of rotatable bonds is 5. The summed E-state index contributed by atoms with van der Waals surface area (Å²) in [5.41, 5.74) is 0. The Morgan fingerprint density at radius 1 is 0.741 bits per heavy atom. The third-order valence-electron chi connectivity index (χ3n) is 4.06. The second kappa shape index (κ2) is 8.22. The van der Waals surface area contributed by atoms with Crippen molar-refractivity contribution in [2.24, 2.45) is 0 Å². The fourth-order valence-corrected chi connectivity index (χ4v) is 5.87.